The number of imidazole rings is 1. The zero-order valence-corrected chi connectivity index (χ0v) is 19.6. The lowest BCUT2D eigenvalue weighted by Crippen LogP contribution is -2.34. The maximum absolute atomic E-state index is 13.0. The molecular formula is C19H21BrN5O7P. The molecule has 0 saturated carbocycles. The number of hydrogen-bond donors (Lipinski definition) is 3. The largest absolute Gasteiger partial charge is 0.475 e. The third-order valence-corrected chi connectivity index (χ3v) is 7.47. The van der Waals surface area contributed by atoms with E-state index in [1.54, 1.807) is 0 Å². The number of nitrogens with two attached hydrogens (primary N) is 1. The van der Waals surface area contributed by atoms with Gasteiger partial charge in [-0.15, -0.1) is 0 Å². The normalized spacial score (nSPS) is 32.4. The quantitative estimate of drug-likeness (QED) is 0.405. The molecule has 0 amide bonds. The minimum Gasteiger partial charge on any atom is -0.387 e. The SMILES string of the molecule is Nc1ncnc2c1ncn2[C@@H]1O[C@H](COP2(=O)OCC[C@@H](c3cccc(Br)c3)O2)[C@@H](O)[C@H]1O. The molecule has 176 valence electrons. The summed E-state index contributed by atoms with van der Waals surface area (Å²) in [6.07, 6.45) is -2.00. The predicted octanol–water partition coefficient (Wildman–Crippen LogP) is 2.09. The van der Waals surface area contributed by atoms with E-state index in [9.17, 15) is 14.8 Å². The summed E-state index contributed by atoms with van der Waals surface area (Å²) in [6, 6.07) is 7.47. The van der Waals surface area contributed by atoms with Gasteiger partial charge in [-0.3, -0.25) is 18.1 Å². The van der Waals surface area contributed by atoms with Gasteiger partial charge >= 0.3 is 7.82 Å². The van der Waals surface area contributed by atoms with Crippen molar-refractivity contribution in [2.24, 2.45) is 0 Å². The Bertz CT molecular complexity index is 1210. The average Bonchev–Trinajstić information content (AvgIpc) is 3.35. The number of aliphatic hydroxyl groups excluding tert-OH is 2. The van der Waals surface area contributed by atoms with Gasteiger partial charge in [0.2, 0.25) is 0 Å². The van der Waals surface area contributed by atoms with Gasteiger partial charge < -0.3 is 20.7 Å². The van der Waals surface area contributed by atoms with E-state index in [4.69, 9.17) is 24.0 Å². The van der Waals surface area contributed by atoms with Crippen molar-refractivity contribution in [3.8, 4) is 0 Å². The van der Waals surface area contributed by atoms with Crippen molar-refractivity contribution < 1.29 is 33.1 Å². The highest BCUT2D eigenvalue weighted by atomic mass is 79.9. The van der Waals surface area contributed by atoms with Crippen LogP contribution in [0.4, 0.5) is 5.82 Å². The number of phosphoric ester groups is 1. The Morgan fingerprint density at radius 2 is 2.12 bits per heavy atom. The van der Waals surface area contributed by atoms with Crippen molar-refractivity contribution in [3.63, 3.8) is 0 Å². The molecule has 12 nitrogen and oxygen atoms in total. The Labute approximate surface area is 196 Å². The number of benzene rings is 1. The van der Waals surface area contributed by atoms with E-state index >= 15 is 0 Å². The van der Waals surface area contributed by atoms with Gasteiger partial charge in [-0.1, -0.05) is 28.1 Å². The van der Waals surface area contributed by atoms with Gasteiger partial charge in [-0.05, 0) is 17.7 Å². The molecule has 2 aliphatic heterocycles. The van der Waals surface area contributed by atoms with Gasteiger partial charge in [0.1, 0.15) is 30.2 Å². The number of nitrogen functional groups attached to an aromatic ring is 1. The van der Waals surface area contributed by atoms with E-state index in [1.165, 1.54) is 17.2 Å². The number of fused-ring (bicyclic) bond motifs is 1. The molecule has 2 saturated heterocycles. The number of aromatic nitrogens is 4. The molecule has 33 heavy (non-hydrogen) atoms. The lowest BCUT2D eigenvalue weighted by atomic mass is 10.1. The van der Waals surface area contributed by atoms with E-state index in [0.717, 1.165) is 10.0 Å². The topological polar surface area (TPSA) is 164 Å². The van der Waals surface area contributed by atoms with Crippen LogP contribution in [0.1, 0.15) is 24.3 Å². The van der Waals surface area contributed by atoms with Crippen molar-refractivity contribution in [1.82, 2.24) is 19.5 Å². The number of halogens is 1. The van der Waals surface area contributed by atoms with Gasteiger partial charge in [0.25, 0.3) is 0 Å². The Morgan fingerprint density at radius 3 is 2.94 bits per heavy atom. The summed E-state index contributed by atoms with van der Waals surface area (Å²) in [5.41, 5.74) is 7.31. The lowest BCUT2D eigenvalue weighted by molar-refractivity contribution is -0.0578. The minimum atomic E-state index is -3.92. The molecule has 4 N–H and O–H groups in total. The zero-order valence-electron chi connectivity index (χ0n) is 17.1. The number of hydrogen-bond acceptors (Lipinski definition) is 11. The maximum Gasteiger partial charge on any atom is 0.475 e. The van der Waals surface area contributed by atoms with E-state index in [0.29, 0.717) is 17.6 Å². The second-order valence-corrected chi connectivity index (χ2v) is 10.2. The molecule has 0 bridgehead atoms. The van der Waals surface area contributed by atoms with Gasteiger partial charge in [0.15, 0.2) is 17.7 Å². The summed E-state index contributed by atoms with van der Waals surface area (Å²) < 4.78 is 37.6. The van der Waals surface area contributed by atoms with Crippen LogP contribution in [0, 0.1) is 0 Å². The van der Waals surface area contributed by atoms with E-state index in [-0.39, 0.29) is 19.0 Å². The number of anilines is 1. The lowest BCUT2D eigenvalue weighted by Gasteiger charge is -2.30. The van der Waals surface area contributed by atoms with Crippen LogP contribution in [0.3, 0.4) is 0 Å². The number of ether oxygens (including phenoxy) is 1. The first kappa shape index (κ1) is 22.8. The van der Waals surface area contributed by atoms with Crippen molar-refractivity contribution in [1.29, 1.82) is 0 Å². The minimum absolute atomic E-state index is 0.177. The fourth-order valence-corrected chi connectivity index (χ4v) is 5.64. The Hall–Kier alpha value is -1.96. The number of phosphoric acid groups is 1. The van der Waals surface area contributed by atoms with E-state index < -0.39 is 38.5 Å². The van der Waals surface area contributed by atoms with Crippen LogP contribution in [-0.2, 0) is 22.9 Å². The van der Waals surface area contributed by atoms with Crippen molar-refractivity contribution in [3.05, 3.63) is 47.0 Å². The van der Waals surface area contributed by atoms with Crippen molar-refractivity contribution in [2.45, 2.75) is 37.1 Å². The Balaban J connectivity index is 1.27. The van der Waals surface area contributed by atoms with E-state index in [2.05, 4.69) is 30.9 Å². The third-order valence-electron chi connectivity index (χ3n) is 5.50. The van der Waals surface area contributed by atoms with Crippen LogP contribution in [0.2, 0.25) is 0 Å². The fraction of sp³-hybridized carbons (Fsp3) is 0.421. The molecule has 2 aromatic heterocycles. The molecule has 0 spiro atoms. The summed E-state index contributed by atoms with van der Waals surface area (Å²) in [4.78, 5) is 12.1. The smallest absolute Gasteiger partial charge is 0.387 e. The van der Waals surface area contributed by atoms with Crippen LogP contribution in [0.5, 0.6) is 0 Å². The Kier molecular flexibility index (Phi) is 6.23. The first-order chi connectivity index (χ1) is 15.8. The molecule has 14 heteroatoms. The number of aliphatic hydroxyl groups is 2. The Morgan fingerprint density at radius 1 is 1.27 bits per heavy atom. The maximum atomic E-state index is 13.0. The molecule has 4 heterocycles. The number of nitrogens with zero attached hydrogens (tertiary/aromatic N) is 4. The number of rotatable bonds is 5. The summed E-state index contributed by atoms with van der Waals surface area (Å²) in [7, 11) is -3.92. The van der Waals surface area contributed by atoms with Crippen LogP contribution >= 0.6 is 23.8 Å². The highest BCUT2D eigenvalue weighted by Gasteiger charge is 2.46. The highest BCUT2D eigenvalue weighted by Crippen LogP contribution is 2.57. The van der Waals surface area contributed by atoms with Crippen molar-refractivity contribution >= 4 is 40.7 Å². The monoisotopic (exact) mass is 541 g/mol. The molecule has 2 aliphatic rings. The third kappa shape index (κ3) is 4.43. The molecule has 5 rings (SSSR count). The first-order valence-corrected chi connectivity index (χ1v) is 12.4. The second-order valence-electron chi connectivity index (χ2n) is 7.64. The van der Waals surface area contributed by atoms with Gasteiger partial charge in [0.05, 0.1) is 25.6 Å². The summed E-state index contributed by atoms with van der Waals surface area (Å²) in [5, 5.41) is 21.1. The highest BCUT2D eigenvalue weighted by molar-refractivity contribution is 9.10. The molecular weight excluding hydrogens is 521 g/mol. The second kappa shape index (κ2) is 9.01. The molecule has 3 aromatic rings. The van der Waals surface area contributed by atoms with Crippen LogP contribution < -0.4 is 5.73 Å². The molecule has 2 fully saturated rings. The van der Waals surface area contributed by atoms with Gasteiger partial charge in [-0.25, -0.2) is 19.5 Å². The zero-order chi connectivity index (χ0) is 23.2. The average molecular weight is 542 g/mol. The first-order valence-electron chi connectivity index (χ1n) is 10.1. The molecule has 1 unspecified atom stereocenters. The summed E-state index contributed by atoms with van der Waals surface area (Å²) in [5.74, 6) is 0.177. The molecule has 6 atom stereocenters. The van der Waals surface area contributed by atoms with Gasteiger partial charge in [0, 0.05) is 10.9 Å². The molecule has 0 radical (unpaired) electrons. The standard InChI is InChI=1S/C19H21BrN5O7P/c20-11-3-1-2-10(6-11)12-4-5-29-33(28,32-12)30-7-13-15(26)16(27)19(31-13)25-9-24-14-17(21)22-8-23-18(14)25/h1-3,6,8-9,12-13,15-16,19,26-27H,4-5,7H2,(H2,21,22,23)/t12-,13+,15+,16+,19+,33?/m0/s1. The molecule has 1 aromatic carbocycles. The van der Waals surface area contributed by atoms with E-state index in [1.807, 2.05) is 24.3 Å². The predicted molar refractivity (Wildman–Crippen MR) is 118 cm³/mol. The summed E-state index contributed by atoms with van der Waals surface area (Å²) in [6.45, 7) is -0.156. The van der Waals surface area contributed by atoms with Crippen LogP contribution in [0.25, 0.3) is 11.2 Å². The van der Waals surface area contributed by atoms with Crippen LogP contribution in [0.15, 0.2) is 41.4 Å². The van der Waals surface area contributed by atoms with Crippen molar-refractivity contribution in [2.75, 3.05) is 18.9 Å². The molecule has 0 aliphatic carbocycles. The fourth-order valence-electron chi connectivity index (χ4n) is 3.83. The van der Waals surface area contributed by atoms with Gasteiger partial charge in [-0.2, -0.15) is 0 Å². The van der Waals surface area contributed by atoms with Crippen LogP contribution in [-0.4, -0.2) is 61.3 Å². The summed E-state index contributed by atoms with van der Waals surface area (Å²) >= 11 is 3.41.